The number of nitrogens with two attached hydrogens (primary N) is 1. The van der Waals surface area contributed by atoms with Gasteiger partial charge in [0.2, 0.25) is 5.95 Å². The Kier molecular flexibility index (Phi) is 7.41. The van der Waals surface area contributed by atoms with Crippen molar-refractivity contribution in [1.29, 1.82) is 0 Å². The van der Waals surface area contributed by atoms with E-state index in [1.165, 1.54) is 6.26 Å². The van der Waals surface area contributed by atoms with Crippen LogP contribution in [0.1, 0.15) is 50.6 Å². The number of nitrogen functional groups attached to an aromatic ring is 1. The highest BCUT2D eigenvalue weighted by atomic mass is 32.2. The van der Waals surface area contributed by atoms with Gasteiger partial charge in [-0.3, -0.25) is 0 Å². The maximum atomic E-state index is 12.3. The van der Waals surface area contributed by atoms with Crippen molar-refractivity contribution in [2.75, 3.05) is 25.1 Å². The normalized spacial score (nSPS) is 14.7. The Morgan fingerprint density at radius 3 is 2.42 bits per heavy atom. The molecule has 2 aromatic rings. The Bertz CT molecular complexity index is 1140. The van der Waals surface area contributed by atoms with Gasteiger partial charge in [-0.05, 0) is 75.8 Å². The number of rotatable bonds is 6. The Labute approximate surface area is 195 Å². The van der Waals surface area contributed by atoms with E-state index in [0.29, 0.717) is 24.4 Å². The van der Waals surface area contributed by atoms with Crippen LogP contribution < -0.4 is 5.73 Å². The van der Waals surface area contributed by atoms with Crippen LogP contribution in [-0.2, 0) is 27.4 Å². The second-order valence-corrected chi connectivity index (χ2v) is 11.3. The molecule has 0 radical (unpaired) electrons. The first-order valence-corrected chi connectivity index (χ1v) is 12.9. The Balaban J connectivity index is 1.60. The molecule has 0 atom stereocenters. The van der Waals surface area contributed by atoms with Crippen LogP contribution in [0.3, 0.4) is 0 Å². The third-order valence-electron chi connectivity index (χ3n) is 5.24. The van der Waals surface area contributed by atoms with Crippen molar-refractivity contribution in [3.05, 3.63) is 53.4 Å². The molecular formula is C24H32N4O4S. The van der Waals surface area contributed by atoms with E-state index in [2.05, 4.69) is 9.97 Å². The number of carbonyl (C=O) groups is 1. The molecular weight excluding hydrogens is 440 g/mol. The summed E-state index contributed by atoms with van der Waals surface area (Å²) in [6.07, 6.45) is 5.92. The first kappa shape index (κ1) is 24.7. The molecule has 9 heteroatoms. The largest absolute Gasteiger partial charge is 0.444 e. The topological polar surface area (TPSA) is 115 Å². The van der Waals surface area contributed by atoms with Crippen molar-refractivity contribution in [1.82, 2.24) is 14.9 Å². The summed E-state index contributed by atoms with van der Waals surface area (Å²) in [7, 11) is -3.18. The van der Waals surface area contributed by atoms with E-state index in [1.807, 2.05) is 45.0 Å². The molecule has 0 saturated carbocycles. The molecule has 1 aliphatic rings. The van der Waals surface area contributed by atoms with Crippen molar-refractivity contribution in [3.8, 4) is 0 Å². The lowest BCUT2D eigenvalue weighted by atomic mass is 10.0. The molecule has 0 spiro atoms. The zero-order valence-corrected chi connectivity index (χ0v) is 20.5. The second kappa shape index (κ2) is 9.91. The van der Waals surface area contributed by atoms with Crippen LogP contribution in [0.4, 0.5) is 10.7 Å². The highest BCUT2D eigenvalue weighted by Gasteiger charge is 2.24. The van der Waals surface area contributed by atoms with Crippen molar-refractivity contribution in [2.24, 2.45) is 0 Å². The van der Waals surface area contributed by atoms with Crippen molar-refractivity contribution < 1.29 is 17.9 Å². The van der Waals surface area contributed by atoms with E-state index in [0.717, 1.165) is 41.8 Å². The SMILES string of the molecule is CC(C)(C)OC(=O)N1CC=C(c2cc(CCCc3ccc(S(C)(=O)=O)cc3)nc(N)n2)CC1. The summed E-state index contributed by atoms with van der Waals surface area (Å²) in [5.41, 5.74) is 9.21. The number of sulfone groups is 1. The number of aryl methyl sites for hydroxylation is 2. The lowest BCUT2D eigenvalue weighted by Crippen LogP contribution is -2.39. The maximum Gasteiger partial charge on any atom is 0.410 e. The highest BCUT2D eigenvalue weighted by molar-refractivity contribution is 7.90. The molecule has 2 N–H and O–H groups in total. The van der Waals surface area contributed by atoms with Gasteiger partial charge in [0.15, 0.2) is 9.84 Å². The number of hydrogen-bond acceptors (Lipinski definition) is 7. The van der Waals surface area contributed by atoms with Gasteiger partial charge in [-0.25, -0.2) is 23.2 Å². The van der Waals surface area contributed by atoms with Gasteiger partial charge in [-0.15, -0.1) is 0 Å². The Morgan fingerprint density at radius 2 is 1.85 bits per heavy atom. The van der Waals surface area contributed by atoms with Crippen LogP contribution in [0.2, 0.25) is 0 Å². The van der Waals surface area contributed by atoms with Gasteiger partial charge >= 0.3 is 6.09 Å². The number of amides is 1. The summed E-state index contributed by atoms with van der Waals surface area (Å²) in [5, 5.41) is 0. The zero-order valence-electron chi connectivity index (χ0n) is 19.7. The maximum absolute atomic E-state index is 12.3. The van der Waals surface area contributed by atoms with Gasteiger partial charge in [0.25, 0.3) is 0 Å². The fourth-order valence-corrected chi connectivity index (χ4v) is 4.21. The minimum absolute atomic E-state index is 0.232. The number of anilines is 1. The van der Waals surface area contributed by atoms with Crippen LogP contribution in [0.15, 0.2) is 41.3 Å². The third kappa shape index (κ3) is 7.28. The van der Waals surface area contributed by atoms with E-state index >= 15 is 0 Å². The fraction of sp³-hybridized carbons (Fsp3) is 0.458. The van der Waals surface area contributed by atoms with Gasteiger partial charge < -0.3 is 15.4 Å². The molecule has 1 amide bonds. The Hall–Kier alpha value is -2.94. The number of ether oxygens (including phenoxy) is 1. The predicted molar refractivity (Wildman–Crippen MR) is 128 cm³/mol. The molecule has 0 unspecified atom stereocenters. The zero-order chi connectivity index (χ0) is 24.2. The summed E-state index contributed by atoms with van der Waals surface area (Å²) in [4.78, 5) is 23.0. The molecule has 8 nitrogen and oxygen atoms in total. The van der Waals surface area contributed by atoms with Gasteiger partial charge in [-0.1, -0.05) is 18.2 Å². The minimum Gasteiger partial charge on any atom is -0.444 e. The molecule has 0 fully saturated rings. The smallest absolute Gasteiger partial charge is 0.410 e. The molecule has 178 valence electrons. The first-order valence-electron chi connectivity index (χ1n) is 11.0. The van der Waals surface area contributed by atoms with E-state index in [9.17, 15) is 13.2 Å². The molecule has 0 saturated heterocycles. The number of carbonyl (C=O) groups excluding carboxylic acids is 1. The molecule has 1 aromatic heterocycles. The van der Waals surface area contributed by atoms with Crippen molar-refractivity contribution in [3.63, 3.8) is 0 Å². The van der Waals surface area contributed by atoms with E-state index < -0.39 is 15.4 Å². The summed E-state index contributed by atoms with van der Waals surface area (Å²) in [6.45, 7) is 6.58. The third-order valence-corrected chi connectivity index (χ3v) is 6.36. The molecule has 0 bridgehead atoms. The van der Waals surface area contributed by atoms with Crippen molar-refractivity contribution >= 4 is 27.5 Å². The molecule has 0 aliphatic carbocycles. The average molecular weight is 473 g/mol. The van der Waals surface area contributed by atoms with E-state index in [-0.39, 0.29) is 12.0 Å². The van der Waals surface area contributed by atoms with E-state index in [1.54, 1.807) is 17.0 Å². The highest BCUT2D eigenvalue weighted by Crippen LogP contribution is 2.24. The molecule has 33 heavy (non-hydrogen) atoms. The Morgan fingerprint density at radius 1 is 1.15 bits per heavy atom. The summed E-state index contributed by atoms with van der Waals surface area (Å²) in [5.74, 6) is 0.232. The van der Waals surface area contributed by atoms with Gasteiger partial charge in [0.1, 0.15) is 5.60 Å². The van der Waals surface area contributed by atoms with E-state index in [4.69, 9.17) is 10.5 Å². The number of benzene rings is 1. The minimum atomic E-state index is -3.18. The number of nitrogens with zero attached hydrogens (tertiary/aromatic N) is 3. The van der Waals surface area contributed by atoms with Crippen LogP contribution in [0, 0.1) is 0 Å². The average Bonchev–Trinajstić information content (AvgIpc) is 2.72. The molecule has 1 aromatic carbocycles. The van der Waals surface area contributed by atoms with Gasteiger partial charge in [0, 0.05) is 25.0 Å². The standard InChI is InChI=1S/C24H32N4O4S/c1-24(2,3)32-23(29)28-14-12-18(13-15-28)21-16-19(26-22(25)27-21)7-5-6-17-8-10-20(11-9-17)33(4,30)31/h8-12,16H,5-7,13-15H2,1-4H3,(H2,25,26,27). The summed E-state index contributed by atoms with van der Waals surface area (Å²) in [6, 6.07) is 8.93. The van der Waals surface area contributed by atoms with Crippen LogP contribution in [-0.4, -0.2) is 54.3 Å². The predicted octanol–water partition coefficient (Wildman–Crippen LogP) is 3.66. The second-order valence-electron chi connectivity index (χ2n) is 9.28. The van der Waals surface area contributed by atoms with Crippen LogP contribution in [0.5, 0.6) is 0 Å². The van der Waals surface area contributed by atoms with Gasteiger partial charge in [0.05, 0.1) is 10.6 Å². The lowest BCUT2D eigenvalue weighted by molar-refractivity contribution is 0.0270. The molecule has 3 rings (SSSR count). The van der Waals surface area contributed by atoms with Gasteiger partial charge in [-0.2, -0.15) is 0 Å². The fourth-order valence-electron chi connectivity index (χ4n) is 3.58. The quantitative estimate of drug-likeness (QED) is 0.682. The number of hydrogen-bond donors (Lipinski definition) is 1. The monoisotopic (exact) mass is 472 g/mol. The lowest BCUT2D eigenvalue weighted by Gasteiger charge is -2.29. The molecule has 1 aliphatic heterocycles. The van der Waals surface area contributed by atoms with Crippen LogP contribution >= 0.6 is 0 Å². The number of aromatic nitrogens is 2. The van der Waals surface area contributed by atoms with Crippen molar-refractivity contribution in [2.45, 2.75) is 57.0 Å². The first-order chi connectivity index (χ1) is 15.4. The van der Waals surface area contributed by atoms with Crippen LogP contribution in [0.25, 0.3) is 5.57 Å². The summed E-state index contributed by atoms with van der Waals surface area (Å²) < 4.78 is 28.6. The summed E-state index contributed by atoms with van der Waals surface area (Å²) >= 11 is 0. The molecule has 2 heterocycles.